The molecule has 0 unspecified atom stereocenters. The molecule has 2 rings (SSSR count). The van der Waals surface area contributed by atoms with Crippen LogP contribution in [0.5, 0.6) is 0 Å². The Hall–Kier alpha value is -0.580. The summed E-state index contributed by atoms with van der Waals surface area (Å²) >= 11 is 5.79. The molecule has 0 aliphatic heterocycles. The molecule has 22 heavy (non-hydrogen) atoms. The molecule has 1 aromatic carbocycles. The molecule has 0 spiro atoms. The summed E-state index contributed by atoms with van der Waals surface area (Å²) in [5.74, 6) is 0.444. The molecule has 1 aromatic rings. The molecule has 9 heteroatoms. The highest BCUT2D eigenvalue weighted by atomic mass is 127. The molecule has 6 nitrogen and oxygen atoms in total. The molecule has 0 saturated heterocycles. The van der Waals surface area contributed by atoms with E-state index in [0.717, 1.165) is 12.8 Å². The van der Waals surface area contributed by atoms with Crippen molar-refractivity contribution in [3.8, 4) is 0 Å². The number of hydrogen-bond acceptors (Lipinski definition) is 3. The highest BCUT2D eigenvalue weighted by molar-refractivity contribution is 14.0. The molecule has 1 aliphatic carbocycles. The SMILES string of the molecule is CN(C(N)=NCCNS(=O)(=O)c1cccc(Cl)c1)C1CC1.I. The number of hydrogen-bond donors (Lipinski definition) is 2. The summed E-state index contributed by atoms with van der Waals surface area (Å²) in [6, 6.07) is 6.60. The summed E-state index contributed by atoms with van der Waals surface area (Å²) in [5, 5.41) is 0.381. The molecule has 0 bridgehead atoms. The number of nitrogens with zero attached hydrogens (tertiary/aromatic N) is 2. The molecule has 1 saturated carbocycles. The lowest BCUT2D eigenvalue weighted by Gasteiger charge is -2.16. The van der Waals surface area contributed by atoms with Gasteiger partial charge in [-0.3, -0.25) is 4.99 Å². The van der Waals surface area contributed by atoms with Gasteiger partial charge in [-0.2, -0.15) is 0 Å². The smallest absolute Gasteiger partial charge is 0.240 e. The molecule has 0 amide bonds. The van der Waals surface area contributed by atoms with Gasteiger partial charge in [0.2, 0.25) is 10.0 Å². The van der Waals surface area contributed by atoms with Crippen molar-refractivity contribution in [3.05, 3.63) is 29.3 Å². The Bertz CT molecular complexity index is 635. The second-order valence-electron chi connectivity index (χ2n) is 4.94. The minimum Gasteiger partial charge on any atom is -0.370 e. The van der Waals surface area contributed by atoms with E-state index < -0.39 is 10.0 Å². The summed E-state index contributed by atoms with van der Waals surface area (Å²) in [6.45, 7) is 0.483. The van der Waals surface area contributed by atoms with Crippen molar-refractivity contribution >= 4 is 51.6 Å². The van der Waals surface area contributed by atoms with Crippen LogP contribution in [0.1, 0.15) is 12.8 Å². The van der Waals surface area contributed by atoms with Gasteiger partial charge in [-0.15, -0.1) is 24.0 Å². The topological polar surface area (TPSA) is 87.8 Å². The van der Waals surface area contributed by atoms with Crippen molar-refractivity contribution in [1.29, 1.82) is 0 Å². The van der Waals surface area contributed by atoms with Gasteiger partial charge >= 0.3 is 0 Å². The van der Waals surface area contributed by atoms with Gasteiger partial charge in [0.05, 0.1) is 11.4 Å². The first-order valence-electron chi connectivity index (χ1n) is 6.68. The first-order chi connectivity index (χ1) is 9.90. The molecule has 1 aliphatic rings. The Morgan fingerprint density at radius 2 is 2.18 bits per heavy atom. The van der Waals surface area contributed by atoms with Gasteiger partial charge < -0.3 is 10.6 Å². The molecular formula is C13H20ClIN4O2S. The van der Waals surface area contributed by atoms with Gasteiger partial charge in [-0.1, -0.05) is 17.7 Å². The summed E-state index contributed by atoms with van der Waals surface area (Å²) in [4.78, 5) is 6.23. The van der Waals surface area contributed by atoms with Crippen LogP contribution in [0.2, 0.25) is 5.02 Å². The Labute approximate surface area is 153 Å². The fourth-order valence-electron chi connectivity index (χ4n) is 1.83. The number of benzene rings is 1. The number of sulfonamides is 1. The zero-order valence-corrected chi connectivity index (χ0v) is 16.1. The molecule has 1 fully saturated rings. The second-order valence-corrected chi connectivity index (χ2v) is 7.14. The zero-order valence-electron chi connectivity index (χ0n) is 12.2. The molecule has 0 atom stereocenters. The summed E-state index contributed by atoms with van der Waals surface area (Å²) in [6.07, 6.45) is 2.27. The van der Waals surface area contributed by atoms with Crippen LogP contribution in [0.3, 0.4) is 0 Å². The molecule has 0 radical (unpaired) electrons. The third kappa shape index (κ3) is 5.56. The number of aliphatic imine (C=N–C) groups is 1. The minimum absolute atomic E-state index is 0. The maximum atomic E-state index is 12.0. The molecule has 0 aromatic heterocycles. The van der Waals surface area contributed by atoms with Crippen molar-refractivity contribution in [2.45, 2.75) is 23.8 Å². The van der Waals surface area contributed by atoms with E-state index in [1.54, 1.807) is 12.1 Å². The van der Waals surface area contributed by atoms with Crippen LogP contribution in [0.15, 0.2) is 34.2 Å². The van der Waals surface area contributed by atoms with Crippen LogP contribution in [-0.4, -0.2) is 45.5 Å². The number of nitrogens with two attached hydrogens (primary N) is 1. The number of nitrogens with one attached hydrogen (secondary N) is 1. The van der Waals surface area contributed by atoms with E-state index in [2.05, 4.69) is 9.71 Å². The van der Waals surface area contributed by atoms with E-state index in [-0.39, 0.29) is 35.4 Å². The average molecular weight is 459 g/mol. The zero-order chi connectivity index (χ0) is 15.5. The van der Waals surface area contributed by atoms with Crippen molar-refractivity contribution < 1.29 is 8.42 Å². The van der Waals surface area contributed by atoms with Crippen molar-refractivity contribution in [2.75, 3.05) is 20.1 Å². The Morgan fingerprint density at radius 3 is 2.77 bits per heavy atom. The average Bonchev–Trinajstić information content (AvgIpc) is 3.27. The summed E-state index contributed by atoms with van der Waals surface area (Å²) < 4.78 is 26.5. The molecular weight excluding hydrogens is 439 g/mol. The lowest BCUT2D eigenvalue weighted by Crippen LogP contribution is -2.36. The normalized spacial score (nSPS) is 15.3. The monoisotopic (exact) mass is 458 g/mol. The van der Waals surface area contributed by atoms with E-state index in [1.165, 1.54) is 12.1 Å². The van der Waals surface area contributed by atoms with E-state index in [9.17, 15) is 8.42 Å². The number of rotatable bonds is 6. The fraction of sp³-hybridized carbons (Fsp3) is 0.462. The molecule has 3 N–H and O–H groups in total. The standard InChI is InChI=1S/C13H19ClN4O2S.HI/c1-18(11-5-6-11)13(15)16-7-8-17-21(19,20)12-4-2-3-10(14)9-12;/h2-4,9,11,17H,5-8H2,1H3,(H2,15,16);1H. The van der Waals surface area contributed by atoms with Gasteiger partial charge in [0.15, 0.2) is 5.96 Å². The maximum absolute atomic E-state index is 12.0. The number of halogens is 2. The van der Waals surface area contributed by atoms with Gasteiger partial charge in [-0.05, 0) is 31.0 Å². The largest absolute Gasteiger partial charge is 0.370 e. The van der Waals surface area contributed by atoms with Crippen LogP contribution in [0.25, 0.3) is 0 Å². The third-order valence-corrected chi connectivity index (χ3v) is 4.93. The van der Waals surface area contributed by atoms with Gasteiger partial charge in [0.1, 0.15) is 0 Å². The van der Waals surface area contributed by atoms with E-state index in [0.29, 0.717) is 23.6 Å². The van der Waals surface area contributed by atoms with Crippen LogP contribution >= 0.6 is 35.6 Å². The first-order valence-corrected chi connectivity index (χ1v) is 8.54. The number of guanidine groups is 1. The van der Waals surface area contributed by atoms with E-state index in [1.807, 2.05) is 11.9 Å². The van der Waals surface area contributed by atoms with Crippen LogP contribution in [-0.2, 0) is 10.0 Å². The van der Waals surface area contributed by atoms with Crippen LogP contribution in [0.4, 0.5) is 0 Å². The van der Waals surface area contributed by atoms with Crippen LogP contribution < -0.4 is 10.5 Å². The summed E-state index contributed by atoms with van der Waals surface area (Å²) in [5.41, 5.74) is 5.82. The fourth-order valence-corrected chi connectivity index (χ4v) is 3.15. The van der Waals surface area contributed by atoms with Gasteiger partial charge in [0, 0.05) is 24.7 Å². The quantitative estimate of drug-likeness (QED) is 0.294. The highest BCUT2D eigenvalue weighted by Gasteiger charge is 2.27. The lowest BCUT2D eigenvalue weighted by molar-refractivity contribution is 0.487. The Kier molecular flexibility index (Phi) is 7.36. The van der Waals surface area contributed by atoms with Crippen molar-refractivity contribution in [3.63, 3.8) is 0 Å². The third-order valence-electron chi connectivity index (χ3n) is 3.24. The van der Waals surface area contributed by atoms with Crippen molar-refractivity contribution in [1.82, 2.24) is 9.62 Å². The second kappa shape index (κ2) is 8.32. The predicted molar refractivity (Wildman–Crippen MR) is 99.3 cm³/mol. The van der Waals surface area contributed by atoms with Gasteiger partial charge in [-0.25, -0.2) is 13.1 Å². The van der Waals surface area contributed by atoms with Crippen LogP contribution in [0, 0.1) is 0 Å². The van der Waals surface area contributed by atoms with E-state index >= 15 is 0 Å². The van der Waals surface area contributed by atoms with Gasteiger partial charge in [0.25, 0.3) is 0 Å². The predicted octanol–water partition coefficient (Wildman–Crippen LogP) is 1.65. The molecule has 124 valence electrons. The van der Waals surface area contributed by atoms with E-state index in [4.69, 9.17) is 17.3 Å². The van der Waals surface area contributed by atoms with Crippen molar-refractivity contribution in [2.24, 2.45) is 10.7 Å². The minimum atomic E-state index is -3.56. The maximum Gasteiger partial charge on any atom is 0.240 e. The first kappa shape index (κ1) is 19.5. The highest BCUT2D eigenvalue weighted by Crippen LogP contribution is 2.24. The molecule has 0 heterocycles. The Balaban J connectivity index is 0.00000242. The summed E-state index contributed by atoms with van der Waals surface area (Å²) in [7, 11) is -1.67. The Morgan fingerprint density at radius 1 is 1.50 bits per heavy atom. The lowest BCUT2D eigenvalue weighted by atomic mass is 10.4.